The minimum atomic E-state index is -4.68. The van der Waals surface area contributed by atoms with E-state index in [4.69, 9.17) is 0 Å². The Morgan fingerprint density at radius 1 is 1.02 bits per heavy atom. The van der Waals surface area contributed by atoms with Crippen molar-refractivity contribution in [2.24, 2.45) is 7.05 Å². The third-order valence-electron chi connectivity index (χ3n) is 7.49. The largest absolute Gasteiger partial charge is 0.480 e. The summed E-state index contributed by atoms with van der Waals surface area (Å²) in [6.45, 7) is 1.24. The number of pyridine rings is 2. The molecule has 3 N–H and O–H groups in total. The number of nitrogens with one attached hydrogen (secondary N) is 2. The zero-order chi connectivity index (χ0) is 32.6. The highest BCUT2D eigenvalue weighted by molar-refractivity contribution is 5.97. The number of aliphatic carboxylic acids is 1. The Bertz CT molecular complexity index is 1980. The third kappa shape index (κ3) is 6.08. The van der Waals surface area contributed by atoms with Gasteiger partial charge in [0.05, 0.1) is 11.1 Å². The second kappa shape index (κ2) is 12.0. The van der Waals surface area contributed by atoms with Crippen LogP contribution in [0.1, 0.15) is 29.4 Å². The van der Waals surface area contributed by atoms with Crippen LogP contribution >= 0.6 is 0 Å². The number of imidazole rings is 1. The second-order valence-corrected chi connectivity index (χ2v) is 10.4. The fourth-order valence-electron chi connectivity index (χ4n) is 5.19. The van der Waals surface area contributed by atoms with Gasteiger partial charge in [0.1, 0.15) is 34.9 Å². The average molecular weight is 628 g/mol. The van der Waals surface area contributed by atoms with Crippen LogP contribution in [0.4, 0.5) is 27.6 Å². The number of aromatic nitrogens is 3. The van der Waals surface area contributed by atoms with E-state index in [2.05, 4.69) is 10.3 Å². The Kier molecular flexibility index (Phi) is 8.32. The lowest BCUT2D eigenvalue weighted by Gasteiger charge is -2.22. The first-order valence-electron chi connectivity index (χ1n) is 13.7. The van der Waals surface area contributed by atoms with E-state index < -0.39 is 59.4 Å². The molecular formula is C31H26F5N5O4. The number of rotatable bonds is 9. The molecule has 3 heterocycles. The maximum atomic E-state index is 14.8. The number of benzene rings is 2. The first kappa shape index (κ1) is 31.2. The van der Waals surface area contributed by atoms with Gasteiger partial charge < -0.3 is 24.7 Å². The van der Waals surface area contributed by atoms with Crippen molar-refractivity contribution in [3.05, 3.63) is 100 Å². The number of fused-ring (bicyclic) bond motifs is 2. The van der Waals surface area contributed by atoms with Gasteiger partial charge in [-0.25, -0.2) is 18.6 Å². The molecule has 0 aliphatic carbocycles. The van der Waals surface area contributed by atoms with Crippen molar-refractivity contribution < 1.29 is 36.6 Å². The number of alkyl halides is 3. The maximum Gasteiger partial charge on any atom is 0.408 e. The summed E-state index contributed by atoms with van der Waals surface area (Å²) in [5.74, 6) is -5.88. The van der Waals surface area contributed by atoms with Crippen molar-refractivity contribution in [3.63, 3.8) is 0 Å². The SMILES string of the molecule is CCC(Nc1cc(F)c(C(=O)NC(Cc2ccc(-c3cc4ccccc4n(C)c3=O)c3nccn23)C(=O)O)c(F)c1)C(F)(F)F. The van der Waals surface area contributed by atoms with Crippen LogP contribution in [0, 0.1) is 11.6 Å². The zero-order valence-electron chi connectivity index (χ0n) is 23.8. The monoisotopic (exact) mass is 627 g/mol. The minimum Gasteiger partial charge on any atom is -0.480 e. The summed E-state index contributed by atoms with van der Waals surface area (Å²) in [6, 6.07) is 9.52. The second-order valence-electron chi connectivity index (χ2n) is 10.4. The van der Waals surface area contributed by atoms with E-state index in [0.29, 0.717) is 34.6 Å². The summed E-state index contributed by atoms with van der Waals surface area (Å²) in [5, 5.41) is 14.7. The average Bonchev–Trinajstić information content (AvgIpc) is 3.47. The van der Waals surface area contributed by atoms with E-state index in [1.54, 1.807) is 29.6 Å². The summed E-state index contributed by atoms with van der Waals surface area (Å²) < 4.78 is 72.0. The third-order valence-corrected chi connectivity index (χ3v) is 7.49. The quantitative estimate of drug-likeness (QED) is 0.191. The first-order chi connectivity index (χ1) is 21.3. The molecule has 3 aromatic heterocycles. The zero-order valence-corrected chi connectivity index (χ0v) is 23.8. The van der Waals surface area contributed by atoms with E-state index >= 15 is 0 Å². The van der Waals surface area contributed by atoms with Crippen LogP contribution in [-0.2, 0) is 18.3 Å². The van der Waals surface area contributed by atoms with E-state index in [0.717, 1.165) is 10.9 Å². The minimum absolute atomic E-state index is 0.282. The van der Waals surface area contributed by atoms with Crippen LogP contribution in [0.5, 0.6) is 0 Å². The van der Waals surface area contributed by atoms with Crippen molar-refractivity contribution in [3.8, 4) is 11.1 Å². The lowest BCUT2D eigenvalue weighted by atomic mass is 10.0. The molecule has 0 spiro atoms. The van der Waals surface area contributed by atoms with Gasteiger partial charge in [0.25, 0.3) is 11.5 Å². The van der Waals surface area contributed by atoms with Crippen LogP contribution in [-0.4, -0.2) is 49.2 Å². The van der Waals surface area contributed by atoms with Gasteiger partial charge in [-0.3, -0.25) is 9.59 Å². The lowest BCUT2D eigenvalue weighted by molar-refractivity contribution is -0.143. The number of carboxylic acid groups (broad SMARTS) is 1. The molecule has 2 atom stereocenters. The normalized spacial score (nSPS) is 13.1. The van der Waals surface area contributed by atoms with Gasteiger partial charge in [-0.05, 0) is 48.2 Å². The molecule has 0 fully saturated rings. The summed E-state index contributed by atoms with van der Waals surface area (Å²) in [5.41, 5.74) is 0.260. The molecule has 0 radical (unpaired) electrons. The Hall–Kier alpha value is -5.27. The number of aryl methyl sites for hydroxylation is 1. The van der Waals surface area contributed by atoms with Crippen molar-refractivity contribution in [1.29, 1.82) is 0 Å². The number of halogens is 5. The van der Waals surface area contributed by atoms with E-state index in [9.17, 15) is 41.4 Å². The smallest absolute Gasteiger partial charge is 0.408 e. The molecule has 0 saturated heterocycles. The van der Waals surface area contributed by atoms with Crippen molar-refractivity contribution in [2.75, 3.05) is 5.32 Å². The number of carbonyl (C=O) groups is 2. The molecule has 0 aliphatic heterocycles. The molecule has 5 aromatic rings. The van der Waals surface area contributed by atoms with E-state index in [1.807, 2.05) is 29.6 Å². The molecule has 9 nitrogen and oxygen atoms in total. The number of hydrogen-bond acceptors (Lipinski definition) is 5. The van der Waals surface area contributed by atoms with Gasteiger partial charge in [0, 0.05) is 42.8 Å². The number of carbonyl (C=O) groups excluding carboxylic acids is 1. The number of nitrogens with zero attached hydrogens (tertiary/aromatic N) is 3. The molecule has 2 unspecified atom stereocenters. The Balaban J connectivity index is 1.43. The predicted octanol–water partition coefficient (Wildman–Crippen LogP) is 5.31. The summed E-state index contributed by atoms with van der Waals surface area (Å²) in [4.78, 5) is 42.6. The summed E-state index contributed by atoms with van der Waals surface area (Å²) in [6.07, 6.45) is -2.47. The molecule has 2 aromatic carbocycles. The molecule has 0 saturated carbocycles. The Morgan fingerprint density at radius 2 is 1.71 bits per heavy atom. The first-order valence-corrected chi connectivity index (χ1v) is 13.7. The van der Waals surface area contributed by atoms with Crippen LogP contribution < -0.4 is 16.2 Å². The topological polar surface area (TPSA) is 118 Å². The molecule has 14 heteroatoms. The van der Waals surface area contributed by atoms with Gasteiger partial charge in [-0.15, -0.1) is 0 Å². The Labute approximate surface area is 251 Å². The van der Waals surface area contributed by atoms with Crippen LogP contribution in [0.15, 0.2) is 71.8 Å². The fraction of sp³-hybridized carbons (Fsp3) is 0.226. The number of para-hydroxylation sites is 1. The van der Waals surface area contributed by atoms with Crippen LogP contribution in [0.3, 0.4) is 0 Å². The highest BCUT2D eigenvalue weighted by atomic mass is 19.4. The van der Waals surface area contributed by atoms with Crippen molar-refractivity contribution in [2.45, 2.75) is 38.0 Å². The van der Waals surface area contributed by atoms with E-state index in [-0.39, 0.29) is 12.0 Å². The van der Waals surface area contributed by atoms with Crippen molar-refractivity contribution in [1.82, 2.24) is 19.3 Å². The van der Waals surface area contributed by atoms with Gasteiger partial charge in [-0.2, -0.15) is 13.2 Å². The molecule has 234 valence electrons. The number of hydrogen-bond donors (Lipinski definition) is 3. The maximum absolute atomic E-state index is 14.8. The van der Waals surface area contributed by atoms with Gasteiger partial charge in [0.2, 0.25) is 0 Å². The number of carboxylic acids is 1. The van der Waals surface area contributed by atoms with Crippen LogP contribution in [0.25, 0.3) is 27.7 Å². The molecule has 0 bridgehead atoms. The standard InChI is InChI=1S/C31H26F5N5O4/c1-3-25(31(34,35)36)38-17-13-21(32)26(22(33)14-17)28(42)39-23(30(44)45)15-18-8-9-19(27-37-10-11-41(18)27)20-12-16-6-4-5-7-24(16)40(2)29(20)43/h4-14,23,25,38H,3,15H2,1-2H3,(H,39,42)(H,44,45). The predicted molar refractivity (Wildman–Crippen MR) is 156 cm³/mol. The molecular weight excluding hydrogens is 601 g/mol. The highest BCUT2D eigenvalue weighted by Gasteiger charge is 2.38. The summed E-state index contributed by atoms with van der Waals surface area (Å²) in [7, 11) is 1.64. The Morgan fingerprint density at radius 3 is 2.36 bits per heavy atom. The fourth-order valence-corrected chi connectivity index (χ4v) is 5.19. The molecule has 0 aliphatic rings. The van der Waals surface area contributed by atoms with Crippen molar-refractivity contribution >= 4 is 34.1 Å². The van der Waals surface area contributed by atoms with E-state index in [1.165, 1.54) is 23.9 Å². The van der Waals surface area contributed by atoms with Crippen LogP contribution in [0.2, 0.25) is 0 Å². The number of amides is 1. The van der Waals surface area contributed by atoms with Gasteiger partial charge in [0.15, 0.2) is 0 Å². The highest BCUT2D eigenvalue weighted by Crippen LogP contribution is 2.28. The van der Waals surface area contributed by atoms with Gasteiger partial charge >= 0.3 is 12.1 Å². The molecule has 1 amide bonds. The molecule has 45 heavy (non-hydrogen) atoms. The molecule has 5 rings (SSSR count). The number of anilines is 1. The lowest BCUT2D eigenvalue weighted by Crippen LogP contribution is -2.43. The summed E-state index contributed by atoms with van der Waals surface area (Å²) >= 11 is 0. The van der Waals surface area contributed by atoms with Gasteiger partial charge in [-0.1, -0.05) is 25.1 Å².